The number of carbonyl (C=O) groups excluding carboxylic acids is 1. The highest BCUT2D eigenvalue weighted by Crippen LogP contribution is 2.27. The Kier molecular flexibility index (Phi) is 6.92. The molecular formula is C14H24ClN3OS. The summed E-state index contributed by atoms with van der Waals surface area (Å²) < 4.78 is 0. The second kappa shape index (κ2) is 7.96. The molecule has 3 N–H and O–H groups in total. The molecule has 114 valence electrons. The average Bonchev–Trinajstić information content (AvgIpc) is 2.72. The maximum absolute atomic E-state index is 12.0. The molecule has 2 unspecified atom stereocenters. The lowest BCUT2D eigenvalue weighted by Gasteiger charge is -2.27. The molecule has 0 saturated heterocycles. The van der Waals surface area contributed by atoms with Crippen LogP contribution in [0.2, 0.25) is 0 Å². The van der Waals surface area contributed by atoms with E-state index in [-0.39, 0.29) is 24.4 Å². The summed E-state index contributed by atoms with van der Waals surface area (Å²) in [5.41, 5.74) is 7.16. The van der Waals surface area contributed by atoms with Crippen molar-refractivity contribution in [3.05, 3.63) is 10.6 Å². The summed E-state index contributed by atoms with van der Waals surface area (Å²) in [6, 6.07) is 0.184. The minimum Gasteiger partial charge on any atom is -0.327 e. The number of nitrogens with one attached hydrogen (secondary N) is 1. The van der Waals surface area contributed by atoms with E-state index in [2.05, 4.69) is 17.2 Å². The van der Waals surface area contributed by atoms with Gasteiger partial charge in [-0.3, -0.25) is 4.79 Å². The summed E-state index contributed by atoms with van der Waals surface area (Å²) in [6.45, 7) is 4.12. The summed E-state index contributed by atoms with van der Waals surface area (Å²) in [6.07, 6.45) is 5.96. The van der Waals surface area contributed by atoms with Crippen molar-refractivity contribution >= 4 is 34.8 Å². The normalized spacial score (nSPS) is 22.1. The van der Waals surface area contributed by atoms with Crippen molar-refractivity contribution in [1.82, 2.24) is 4.98 Å². The molecule has 4 nitrogen and oxygen atoms in total. The van der Waals surface area contributed by atoms with E-state index < -0.39 is 0 Å². The molecule has 1 aromatic rings. The first-order chi connectivity index (χ1) is 9.10. The molecule has 1 heterocycles. The average molecular weight is 318 g/mol. The van der Waals surface area contributed by atoms with Crippen LogP contribution >= 0.6 is 23.7 Å². The summed E-state index contributed by atoms with van der Waals surface area (Å²) in [7, 11) is 0. The fourth-order valence-corrected chi connectivity index (χ4v) is 3.63. The Morgan fingerprint density at radius 3 is 2.75 bits per heavy atom. The zero-order valence-corrected chi connectivity index (χ0v) is 13.8. The molecule has 1 aliphatic carbocycles. The lowest BCUT2D eigenvalue weighted by molar-refractivity contribution is -0.117. The number of carbonyl (C=O) groups is 1. The first kappa shape index (κ1) is 17.4. The quantitative estimate of drug-likeness (QED) is 0.895. The van der Waals surface area contributed by atoms with Gasteiger partial charge in [-0.25, -0.2) is 4.98 Å². The van der Waals surface area contributed by atoms with E-state index in [9.17, 15) is 4.79 Å². The maximum Gasteiger partial charge on any atom is 0.226 e. The van der Waals surface area contributed by atoms with Crippen molar-refractivity contribution in [3.8, 4) is 0 Å². The fourth-order valence-electron chi connectivity index (χ4n) is 2.71. The van der Waals surface area contributed by atoms with Crippen LogP contribution in [0.5, 0.6) is 0 Å². The van der Waals surface area contributed by atoms with E-state index in [0.29, 0.717) is 12.3 Å². The Bertz CT molecular complexity index is 450. The van der Waals surface area contributed by atoms with Crippen LogP contribution in [0.25, 0.3) is 0 Å². The monoisotopic (exact) mass is 317 g/mol. The van der Waals surface area contributed by atoms with Crippen LogP contribution in [0, 0.1) is 12.8 Å². The van der Waals surface area contributed by atoms with Crippen LogP contribution in [0.3, 0.4) is 0 Å². The Morgan fingerprint density at radius 1 is 1.45 bits per heavy atom. The van der Waals surface area contributed by atoms with Gasteiger partial charge < -0.3 is 11.1 Å². The lowest BCUT2D eigenvalue weighted by atomic mass is 9.83. The van der Waals surface area contributed by atoms with Crippen molar-refractivity contribution in [2.45, 2.75) is 58.4 Å². The number of aryl methyl sites for hydroxylation is 2. The number of hydrogen-bond donors (Lipinski definition) is 2. The minimum absolute atomic E-state index is 0. The third-order valence-electron chi connectivity index (χ3n) is 3.89. The van der Waals surface area contributed by atoms with Gasteiger partial charge in [-0.15, -0.1) is 23.7 Å². The number of nitrogens with two attached hydrogens (primary N) is 1. The van der Waals surface area contributed by atoms with Crippen molar-refractivity contribution in [1.29, 1.82) is 0 Å². The van der Waals surface area contributed by atoms with Crippen LogP contribution in [0.4, 0.5) is 5.13 Å². The van der Waals surface area contributed by atoms with Gasteiger partial charge in [0.15, 0.2) is 5.13 Å². The van der Waals surface area contributed by atoms with Gasteiger partial charge >= 0.3 is 0 Å². The molecular weight excluding hydrogens is 294 g/mol. The van der Waals surface area contributed by atoms with E-state index in [1.54, 1.807) is 11.3 Å². The number of thiazole rings is 1. The van der Waals surface area contributed by atoms with Crippen LogP contribution in [0.15, 0.2) is 0 Å². The Morgan fingerprint density at radius 2 is 2.15 bits per heavy atom. The third-order valence-corrected chi connectivity index (χ3v) is 4.82. The molecule has 0 spiro atoms. The largest absolute Gasteiger partial charge is 0.327 e. The first-order valence-corrected chi connectivity index (χ1v) is 7.93. The molecule has 20 heavy (non-hydrogen) atoms. The van der Waals surface area contributed by atoms with Crippen molar-refractivity contribution in [3.63, 3.8) is 0 Å². The molecule has 0 aliphatic heterocycles. The van der Waals surface area contributed by atoms with E-state index in [0.717, 1.165) is 30.1 Å². The standard InChI is InChI=1S/C14H23N3OS.ClH/c1-3-12-9(2)19-14(16-12)17-13(18)8-10-6-4-5-7-11(10)15;/h10-11H,3-8,15H2,1-2H3,(H,16,17,18);1H. The summed E-state index contributed by atoms with van der Waals surface area (Å²) in [5, 5.41) is 3.64. The third kappa shape index (κ3) is 4.43. The van der Waals surface area contributed by atoms with Crippen LogP contribution < -0.4 is 11.1 Å². The molecule has 2 rings (SSSR count). The van der Waals surface area contributed by atoms with Gasteiger partial charge in [-0.2, -0.15) is 0 Å². The van der Waals surface area contributed by atoms with Gasteiger partial charge in [0.05, 0.1) is 5.69 Å². The number of amides is 1. The van der Waals surface area contributed by atoms with Crippen molar-refractivity contribution in [2.75, 3.05) is 5.32 Å². The van der Waals surface area contributed by atoms with Crippen molar-refractivity contribution in [2.24, 2.45) is 11.7 Å². The number of halogens is 1. The highest BCUT2D eigenvalue weighted by atomic mass is 35.5. The summed E-state index contributed by atoms with van der Waals surface area (Å²) >= 11 is 1.56. The molecule has 1 aliphatic rings. The van der Waals surface area contributed by atoms with Gasteiger partial charge in [-0.1, -0.05) is 19.8 Å². The molecule has 6 heteroatoms. The molecule has 1 saturated carbocycles. The van der Waals surface area contributed by atoms with Gasteiger partial charge in [-0.05, 0) is 32.1 Å². The van der Waals surface area contributed by atoms with Gasteiger partial charge in [0.25, 0.3) is 0 Å². The highest BCUT2D eigenvalue weighted by Gasteiger charge is 2.24. The number of hydrogen-bond acceptors (Lipinski definition) is 4. The van der Waals surface area contributed by atoms with Gasteiger partial charge in [0, 0.05) is 17.3 Å². The number of rotatable bonds is 4. The van der Waals surface area contributed by atoms with Crippen LogP contribution in [-0.4, -0.2) is 16.9 Å². The number of anilines is 1. The number of nitrogens with zero attached hydrogens (tertiary/aromatic N) is 1. The number of aromatic nitrogens is 1. The van der Waals surface area contributed by atoms with Crippen LogP contribution in [0.1, 0.15) is 49.6 Å². The molecule has 1 amide bonds. The zero-order chi connectivity index (χ0) is 13.8. The smallest absolute Gasteiger partial charge is 0.226 e. The predicted octanol–water partition coefficient (Wildman–Crippen LogP) is 3.28. The molecule has 0 radical (unpaired) electrons. The van der Waals surface area contributed by atoms with Crippen LogP contribution in [-0.2, 0) is 11.2 Å². The SMILES string of the molecule is CCc1nc(NC(=O)CC2CCCCC2N)sc1C.Cl. The Hall–Kier alpha value is -0.650. The Labute approximate surface area is 131 Å². The maximum atomic E-state index is 12.0. The minimum atomic E-state index is 0. The second-order valence-corrected chi connectivity index (χ2v) is 6.54. The summed E-state index contributed by atoms with van der Waals surface area (Å²) in [5.74, 6) is 0.388. The summed E-state index contributed by atoms with van der Waals surface area (Å²) in [4.78, 5) is 17.7. The van der Waals surface area contributed by atoms with Crippen molar-refractivity contribution < 1.29 is 4.79 Å². The van der Waals surface area contributed by atoms with E-state index >= 15 is 0 Å². The zero-order valence-electron chi connectivity index (χ0n) is 12.1. The highest BCUT2D eigenvalue weighted by molar-refractivity contribution is 7.15. The lowest BCUT2D eigenvalue weighted by Crippen LogP contribution is -2.35. The second-order valence-electron chi connectivity index (χ2n) is 5.34. The molecule has 2 atom stereocenters. The Balaban J connectivity index is 0.00000200. The topological polar surface area (TPSA) is 68.0 Å². The van der Waals surface area contributed by atoms with E-state index in [1.807, 2.05) is 6.92 Å². The fraction of sp³-hybridized carbons (Fsp3) is 0.714. The van der Waals surface area contributed by atoms with E-state index in [1.165, 1.54) is 17.7 Å². The van der Waals surface area contributed by atoms with Gasteiger partial charge in [0.1, 0.15) is 0 Å². The molecule has 0 bridgehead atoms. The van der Waals surface area contributed by atoms with E-state index in [4.69, 9.17) is 5.73 Å². The predicted molar refractivity (Wildman–Crippen MR) is 86.7 cm³/mol. The first-order valence-electron chi connectivity index (χ1n) is 7.12. The van der Waals surface area contributed by atoms with Gasteiger partial charge in [0.2, 0.25) is 5.91 Å². The molecule has 1 fully saturated rings. The molecule has 0 aromatic carbocycles. The molecule has 1 aromatic heterocycles.